The molecular formula is C19H28N2O4. The first-order valence-electron chi connectivity index (χ1n) is 8.73. The number of nitrogens with zero attached hydrogens (tertiary/aromatic N) is 2. The molecule has 1 aromatic carbocycles. The third-order valence-electron chi connectivity index (χ3n) is 4.48. The lowest BCUT2D eigenvalue weighted by Crippen LogP contribution is -2.39. The monoisotopic (exact) mass is 348 g/mol. The minimum atomic E-state index is -0.0108. The molecule has 0 bridgehead atoms. The molecule has 1 aliphatic heterocycles. The van der Waals surface area contributed by atoms with Crippen LogP contribution < -0.4 is 9.47 Å². The summed E-state index contributed by atoms with van der Waals surface area (Å²) in [5.41, 5.74) is 0.811. The average molecular weight is 348 g/mol. The minimum Gasteiger partial charge on any atom is -0.497 e. The van der Waals surface area contributed by atoms with Crippen molar-refractivity contribution in [2.45, 2.75) is 26.7 Å². The number of benzene rings is 1. The fraction of sp³-hybridized carbons (Fsp3) is 0.579. The summed E-state index contributed by atoms with van der Waals surface area (Å²) in [7, 11) is 3.19. The second-order valence-electron chi connectivity index (χ2n) is 6.57. The second kappa shape index (κ2) is 8.74. The highest BCUT2D eigenvalue weighted by Crippen LogP contribution is 2.25. The molecule has 0 atom stereocenters. The molecule has 0 aromatic heterocycles. The van der Waals surface area contributed by atoms with Gasteiger partial charge >= 0.3 is 0 Å². The molecule has 6 heteroatoms. The van der Waals surface area contributed by atoms with Crippen LogP contribution in [-0.2, 0) is 16.0 Å². The molecule has 1 aromatic rings. The molecule has 2 rings (SSSR count). The van der Waals surface area contributed by atoms with E-state index >= 15 is 0 Å². The van der Waals surface area contributed by atoms with Gasteiger partial charge in [-0.15, -0.1) is 0 Å². The zero-order valence-corrected chi connectivity index (χ0v) is 15.6. The lowest BCUT2D eigenvalue weighted by molar-refractivity contribution is -0.135. The van der Waals surface area contributed by atoms with E-state index in [4.69, 9.17) is 9.47 Å². The molecule has 1 aliphatic rings. The van der Waals surface area contributed by atoms with Crippen molar-refractivity contribution in [3.8, 4) is 11.5 Å². The van der Waals surface area contributed by atoms with Gasteiger partial charge in [0.05, 0.1) is 20.6 Å². The minimum absolute atomic E-state index is 0.0108. The number of hydrogen-bond acceptors (Lipinski definition) is 4. The molecule has 1 heterocycles. The van der Waals surface area contributed by atoms with Gasteiger partial charge in [-0.2, -0.15) is 0 Å². The molecule has 0 saturated carbocycles. The molecule has 1 fully saturated rings. The van der Waals surface area contributed by atoms with Crippen LogP contribution in [0.1, 0.15) is 25.8 Å². The van der Waals surface area contributed by atoms with Crippen molar-refractivity contribution in [3.63, 3.8) is 0 Å². The third-order valence-corrected chi connectivity index (χ3v) is 4.48. The van der Waals surface area contributed by atoms with E-state index in [0.29, 0.717) is 37.7 Å². The van der Waals surface area contributed by atoms with Crippen LogP contribution in [0.15, 0.2) is 18.2 Å². The van der Waals surface area contributed by atoms with Crippen LogP contribution in [0.4, 0.5) is 0 Å². The second-order valence-corrected chi connectivity index (χ2v) is 6.57. The molecule has 0 unspecified atom stereocenters. The number of ether oxygens (including phenoxy) is 2. The summed E-state index contributed by atoms with van der Waals surface area (Å²) in [4.78, 5) is 28.6. The fourth-order valence-corrected chi connectivity index (χ4v) is 3.05. The van der Waals surface area contributed by atoms with Gasteiger partial charge in [0.2, 0.25) is 11.8 Å². The van der Waals surface area contributed by atoms with Gasteiger partial charge in [0, 0.05) is 37.7 Å². The molecular weight excluding hydrogens is 320 g/mol. The highest BCUT2D eigenvalue weighted by molar-refractivity contribution is 5.80. The maximum absolute atomic E-state index is 12.7. The zero-order chi connectivity index (χ0) is 18.4. The van der Waals surface area contributed by atoms with Crippen molar-refractivity contribution >= 4 is 11.8 Å². The smallest absolute Gasteiger partial charge is 0.227 e. The molecule has 0 N–H and O–H groups in total. The van der Waals surface area contributed by atoms with E-state index in [1.165, 1.54) is 0 Å². The highest BCUT2D eigenvalue weighted by Gasteiger charge is 2.24. The summed E-state index contributed by atoms with van der Waals surface area (Å²) >= 11 is 0. The van der Waals surface area contributed by atoms with Gasteiger partial charge in [0.1, 0.15) is 11.5 Å². The maximum atomic E-state index is 12.7. The van der Waals surface area contributed by atoms with Gasteiger partial charge in [-0.25, -0.2) is 0 Å². The topological polar surface area (TPSA) is 59.1 Å². The molecule has 25 heavy (non-hydrogen) atoms. The average Bonchev–Trinajstić information content (AvgIpc) is 2.87. The molecule has 0 aliphatic carbocycles. The Morgan fingerprint density at radius 1 is 1.04 bits per heavy atom. The Bertz CT molecular complexity index is 615. The van der Waals surface area contributed by atoms with E-state index in [9.17, 15) is 9.59 Å². The molecule has 0 spiro atoms. The number of carbonyl (C=O) groups excluding carboxylic acids is 2. The van der Waals surface area contributed by atoms with Gasteiger partial charge < -0.3 is 19.3 Å². The number of hydrogen-bond donors (Lipinski definition) is 0. The summed E-state index contributed by atoms with van der Waals surface area (Å²) < 4.78 is 10.6. The Labute approximate surface area is 149 Å². The summed E-state index contributed by atoms with van der Waals surface area (Å²) in [6, 6.07) is 5.46. The summed E-state index contributed by atoms with van der Waals surface area (Å²) in [6.45, 7) is 6.37. The standard InChI is InChI=1S/C19H28N2O4/c1-14(2)19(23)21-9-5-8-20(10-11-21)18(22)13-15-12-16(24-3)6-7-17(15)25-4/h6-7,12,14H,5,8-11,13H2,1-4H3. The lowest BCUT2D eigenvalue weighted by Gasteiger charge is -2.23. The van der Waals surface area contributed by atoms with Gasteiger partial charge in [-0.1, -0.05) is 13.8 Å². The molecule has 138 valence electrons. The van der Waals surface area contributed by atoms with Gasteiger partial charge in [0.25, 0.3) is 0 Å². The lowest BCUT2D eigenvalue weighted by atomic mass is 10.1. The third kappa shape index (κ3) is 4.87. The largest absolute Gasteiger partial charge is 0.497 e. The van der Waals surface area contributed by atoms with Gasteiger partial charge in [-0.05, 0) is 24.6 Å². The van der Waals surface area contributed by atoms with E-state index in [1.54, 1.807) is 14.2 Å². The van der Waals surface area contributed by atoms with Crippen LogP contribution in [0, 0.1) is 5.92 Å². The fourth-order valence-electron chi connectivity index (χ4n) is 3.05. The summed E-state index contributed by atoms with van der Waals surface area (Å²) in [5, 5.41) is 0. The van der Waals surface area contributed by atoms with Crippen molar-refractivity contribution in [1.82, 2.24) is 9.80 Å². The van der Waals surface area contributed by atoms with Gasteiger partial charge in [0.15, 0.2) is 0 Å². The number of rotatable bonds is 5. The SMILES string of the molecule is COc1ccc(OC)c(CC(=O)N2CCCN(C(=O)C(C)C)CC2)c1. The Balaban J connectivity index is 2.03. The normalized spacial score (nSPS) is 15.1. The van der Waals surface area contributed by atoms with Gasteiger partial charge in [-0.3, -0.25) is 9.59 Å². The predicted octanol–water partition coefficient (Wildman–Crippen LogP) is 1.96. The van der Waals surface area contributed by atoms with E-state index < -0.39 is 0 Å². The summed E-state index contributed by atoms with van der Waals surface area (Å²) in [6.07, 6.45) is 1.07. The van der Waals surface area contributed by atoms with E-state index in [2.05, 4.69) is 0 Å². The van der Waals surface area contributed by atoms with Crippen LogP contribution in [-0.4, -0.2) is 62.0 Å². The van der Waals surface area contributed by atoms with E-state index in [0.717, 1.165) is 12.0 Å². The first-order chi connectivity index (χ1) is 12.0. The van der Waals surface area contributed by atoms with Crippen LogP contribution >= 0.6 is 0 Å². The first kappa shape index (κ1) is 19.1. The summed E-state index contributed by atoms with van der Waals surface area (Å²) in [5.74, 6) is 1.58. The number of methoxy groups -OCH3 is 2. The van der Waals surface area contributed by atoms with Crippen molar-refractivity contribution in [3.05, 3.63) is 23.8 Å². The Morgan fingerprint density at radius 2 is 1.72 bits per heavy atom. The van der Waals surface area contributed by atoms with Crippen molar-refractivity contribution in [2.24, 2.45) is 5.92 Å². The van der Waals surface area contributed by atoms with Crippen LogP contribution in [0.5, 0.6) is 11.5 Å². The van der Waals surface area contributed by atoms with Crippen LogP contribution in [0.2, 0.25) is 0 Å². The molecule has 6 nitrogen and oxygen atoms in total. The first-order valence-corrected chi connectivity index (χ1v) is 8.73. The van der Waals surface area contributed by atoms with Crippen molar-refractivity contribution < 1.29 is 19.1 Å². The van der Waals surface area contributed by atoms with Crippen LogP contribution in [0.25, 0.3) is 0 Å². The maximum Gasteiger partial charge on any atom is 0.227 e. The highest BCUT2D eigenvalue weighted by atomic mass is 16.5. The molecule has 2 amide bonds. The molecule has 1 saturated heterocycles. The number of carbonyl (C=O) groups is 2. The van der Waals surface area contributed by atoms with Crippen molar-refractivity contribution in [1.29, 1.82) is 0 Å². The van der Waals surface area contributed by atoms with Crippen molar-refractivity contribution in [2.75, 3.05) is 40.4 Å². The Hall–Kier alpha value is -2.24. The predicted molar refractivity (Wildman–Crippen MR) is 95.9 cm³/mol. The quantitative estimate of drug-likeness (QED) is 0.816. The Morgan fingerprint density at radius 3 is 2.36 bits per heavy atom. The van der Waals surface area contributed by atoms with E-state index in [1.807, 2.05) is 41.8 Å². The van der Waals surface area contributed by atoms with E-state index in [-0.39, 0.29) is 24.2 Å². The molecule has 0 radical (unpaired) electrons. The number of amides is 2. The Kier molecular flexibility index (Phi) is 6.67. The van der Waals surface area contributed by atoms with Crippen LogP contribution in [0.3, 0.4) is 0 Å². The zero-order valence-electron chi connectivity index (χ0n) is 15.6.